The van der Waals surface area contributed by atoms with Crippen LogP contribution >= 0.6 is 12.2 Å². The molecule has 0 saturated heterocycles. The second-order valence-electron chi connectivity index (χ2n) is 5.23. The van der Waals surface area contributed by atoms with E-state index in [0.717, 1.165) is 18.5 Å². The minimum atomic E-state index is -3.15. The first-order chi connectivity index (χ1) is 9.45. The summed E-state index contributed by atoms with van der Waals surface area (Å²) >= 11 is 5.28. The molecule has 0 aliphatic heterocycles. The first kappa shape index (κ1) is 15.3. The average molecular weight is 312 g/mol. The quantitative estimate of drug-likeness (QED) is 0.841. The van der Waals surface area contributed by atoms with Crippen molar-refractivity contribution in [3.63, 3.8) is 0 Å². The number of benzene rings is 1. The van der Waals surface area contributed by atoms with Crippen molar-refractivity contribution < 1.29 is 8.42 Å². The van der Waals surface area contributed by atoms with Gasteiger partial charge in [0.1, 0.15) is 0 Å². The van der Waals surface area contributed by atoms with Crippen LogP contribution in [-0.2, 0) is 9.84 Å². The van der Waals surface area contributed by atoms with Crippen molar-refractivity contribution in [2.24, 2.45) is 0 Å². The van der Waals surface area contributed by atoms with Gasteiger partial charge >= 0.3 is 0 Å². The molecular weight excluding hydrogens is 292 g/mol. The van der Waals surface area contributed by atoms with Crippen LogP contribution < -0.4 is 10.6 Å². The summed E-state index contributed by atoms with van der Waals surface area (Å²) in [4.78, 5) is 0.314. The summed E-state index contributed by atoms with van der Waals surface area (Å²) in [6.07, 6.45) is 7.34. The zero-order valence-corrected chi connectivity index (χ0v) is 13.2. The lowest BCUT2D eigenvalue weighted by atomic mass is 9.96. The summed E-state index contributed by atoms with van der Waals surface area (Å²) < 4.78 is 22.7. The van der Waals surface area contributed by atoms with Crippen LogP contribution in [0.1, 0.15) is 32.1 Å². The van der Waals surface area contributed by atoms with E-state index < -0.39 is 9.84 Å². The maximum atomic E-state index is 11.4. The van der Waals surface area contributed by atoms with Gasteiger partial charge in [-0.15, -0.1) is 0 Å². The van der Waals surface area contributed by atoms with Crippen LogP contribution in [0.2, 0.25) is 0 Å². The molecule has 0 amide bonds. The van der Waals surface area contributed by atoms with Gasteiger partial charge in [-0.1, -0.05) is 19.3 Å². The molecular formula is C14H20N2O2S2. The van der Waals surface area contributed by atoms with Crippen LogP contribution in [0.25, 0.3) is 0 Å². The van der Waals surface area contributed by atoms with E-state index in [-0.39, 0.29) is 0 Å². The molecule has 4 nitrogen and oxygen atoms in total. The highest BCUT2D eigenvalue weighted by molar-refractivity contribution is 7.90. The molecule has 20 heavy (non-hydrogen) atoms. The molecule has 0 radical (unpaired) electrons. The largest absolute Gasteiger partial charge is 0.360 e. The standard InChI is InChI=1S/C14H20N2O2S2/c1-20(17,18)13-9-7-12(8-10-13)16-14(19)15-11-5-3-2-4-6-11/h7-11H,2-6H2,1H3,(H2,15,16,19). The van der Waals surface area contributed by atoms with Crippen molar-refractivity contribution in [3.8, 4) is 0 Å². The summed E-state index contributed by atoms with van der Waals surface area (Å²) in [5.41, 5.74) is 0.797. The Kier molecular flexibility index (Phi) is 4.99. The Hall–Kier alpha value is -1.14. The maximum absolute atomic E-state index is 11.4. The number of hydrogen-bond donors (Lipinski definition) is 2. The molecule has 0 atom stereocenters. The molecule has 0 heterocycles. The lowest BCUT2D eigenvalue weighted by Gasteiger charge is -2.24. The Morgan fingerprint density at radius 1 is 1.15 bits per heavy atom. The molecule has 0 bridgehead atoms. The van der Waals surface area contributed by atoms with E-state index in [1.165, 1.54) is 25.5 Å². The van der Waals surface area contributed by atoms with Gasteiger partial charge in [-0.25, -0.2) is 8.42 Å². The Morgan fingerprint density at radius 3 is 2.30 bits per heavy atom. The average Bonchev–Trinajstić information content (AvgIpc) is 2.39. The number of sulfone groups is 1. The van der Waals surface area contributed by atoms with Gasteiger partial charge in [0.05, 0.1) is 4.90 Å². The zero-order chi connectivity index (χ0) is 14.6. The van der Waals surface area contributed by atoms with Gasteiger partial charge in [-0.05, 0) is 49.3 Å². The lowest BCUT2D eigenvalue weighted by molar-refractivity contribution is 0.415. The summed E-state index contributed by atoms with van der Waals surface area (Å²) in [5.74, 6) is 0. The Bertz CT molecular complexity index is 561. The first-order valence-electron chi connectivity index (χ1n) is 6.83. The predicted octanol–water partition coefficient (Wildman–Crippen LogP) is 2.71. The van der Waals surface area contributed by atoms with E-state index in [1.54, 1.807) is 24.3 Å². The SMILES string of the molecule is CS(=O)(=O)c1ccc(NC(=S)NC2CCCCC2)cc1. The second kappa shape index (κ2) is 6.54. The number of hydrogen-bond acceptors (Lipinski definition) is 3. The van der Waals surface area contributed by atoms with Gasteiger partial charge in [0.15, 0.2) is 14.9 Å². The van der Waals surface area contributed by atoms with Crippen LogP contribution in [0.5, 0.6) is 0 Å². The van der Waals surface area contributed by atoms with E-state index in [9.17, 15) is 8.42 Å². The van der Waals surface area contributed by atoms with E-state index in [4.69, 9.17) is 12.2 Å². The van der Waals surface area contributed by atoms with Gasteiger partial charge in [0.25, 0.3) is 0 Å². The predicted molar refractivity (Wildman–Crippen MR) is 85.8 cm³/mol. The van der Waals surface area contributed by atoms with Crippen molar-refractivity contribution in [2.45, 2.75) is 43.0 Å². The fourth-order valence-corrected chi connectivity index (χ4v) is 3.30. The third-order valence-corrected chi connectivity index (χ3v) is 4.83. The van der Waals surface area contributed by atoms with Gasteiger partial charge in [0.2, 0.25) is 0 Å². The molecule has 0 spiro atoms. The summed E-state index contributed by atoms with van der Waals surface area (Å²) in [6, 6.07) is 7.08. The molecule has 1 fully saturated rings. The fourth-order valence-electron chi connectivity index (χ4n) is 2.38. The van der Waals surface area contributed by atoms with E-state index in [0.29, 0.717) is 16.0 Å². The molecule has 1 saturated carbocycles. The Balaban J connectivity index is 1.91. The minimum absolute atomic E-state index is 0.314. The van der Waals surface area contributed by atoms with Crippen LogP contribution in [0.4, 0.5) is 5.69 Å². The fraction of sp³-hybridized carbons (Fsp3) is 0.500. The van der Waals surface area contributed by atoms with Crippen LogP contribution in [0, 0.1) is 0 Å². The monoisotopic (exact) mass is 312 g/mol. The number of anilines is 1. The van der Waals surface area contributed by atoms with Gasteiger partial charge in [-0.3, -0.25) is 0 Å². The van der Waals surface area contributed by atoms with Crippen molar-refractivity contribution in [3.05, 3.63) is 24.3 Å². The van der Waals surface area contributed by atoms with Gasteiger partial charge in [-0.2, -0.15) is 0 Å². The van der Waals surface area contributed by atoms with E-state index in [2.05, 4.69) is 10.6 Å². The summed E-state index contributed by atoms with van der Waals surface area (Å²) in [6.45, 7) is 0. The third-order valence-electron chi connectivity index (χ3n) is 3.48. The first-order valence-corrected chi connectivity index (χ1v) is 9.13. The minimum Gasteiger partial charge on any atom is -0.360 e. The highest BCUT2D eigenvalue weighted by atomic mass is 32.2. The normalized spacial score (nSPS) is 16.6. The lowest BCUT2D eigenvalue weighted by Crippen LogP contribution is -2.38. The van der Waals surface area contributed by atoms with Crippen molar-refractivity contribution in [1.29, 1.82) is 0 Å². The molecule has 0 unspecified atom stereocenters. The summed E-state index contributed by atoms with van der Waals surface area (Å²) in [5, 5.41) is 7.01. The molecule has 1 aromatic rings. The molecule has 2 rings (SSSR count). The zero-order valence-electron chi connectivity index (χ0n) is 11.6. The van der Waals surface area contributed by atoms with Crippen LogP contribution in [0.3, 0.4) is 0 Å². The second-order valence-corrected chi connectivity index (χ2v) is 7.65. The molecule has 1 aliphatic rings. The number of rotatable bonds is 3. The van der Waals surface area contributed by atoms with Crippen molar-refractivity contribution in [1.82, 2.24) is 5.32 Å². The highest BCUT2D eigenvalue weighted by Gasteiger charge is 2.14. The molecule has 1 aromatic carbocycles. The van der Waals surface area contributed by atoms with Crippen molar-refractivity contribution >= 4 is 32.9 Å². The van der Waals surface area contributed by atoms with E-state index >= 15 is 0 Å². The number of nitrogens with one attached hydrogen (secondary N) is 2. The number of thiocarbonyl (C=S) groups is 1. The molecule has 2 N–H and O–H groups in total. The summed E-state index contributed by atoms with van der Waals surface area (Å²) in [7, 11) is -3.15. The smallest absolute Gasteiger partial charge is 0.175 e. The molecule has 6 heteroatoms. The third kappa shape index (κ3) is 4.45. The topological polar surface area (TPSA) is 58.2 Å². The Morgan fingerprint density at radius 2 is 1.75 bits per heavy atom. The van der Waals surface area contributed by atoms with E-state index in [1.807, 2.05) is 0 Å². The van der Waals surface area contributed by atoms with Crippen LogP contribution in [0.15, 0.2) is 29.2 Å². The molecule has 0 aromatic heterocycles. The van der Waals surface area contributed by atoms with Crippen molar-refractivity contribution in [2.75, 3.05) is 11.6 Å². The van der Waals surface area contributed by atoms with Gasteiger partial charge < -0.3 is 10.6 Å². The van der Waals surface area contributed by atoms with Crippen LogP contribution in [-0.4, -0.2) is 25.8 Å². The highest BCUT2D eigenvalue weighted by Crippen LogP contribution is 2.18. The Labute approximate surface area is 125 Å². The van der Waals surface area contributed by atoms with Gasteiger partial charge in [0, 0.05) is 18.0 Å². The maximum Gasteiger partial charge on any atom is 0.175 e. The molecule has 110 valence electrons. The molecule has 1 aliphatic carbocycles.